The first-order valence-corrected chi connectivity index (χ1v) is 8.09. The molecule has 1 saturated heterocycles. The lowest BCUT2D eigenvalue weighted by Crippen LogP contribution is -2.57. The van der Waals surface area contributed by atoms with Gasteiger partial charge < -0.3 is 24.8 Å². The van der Waals surface area contributed by atoms with Crippen LogP contribution < -0.4 is 20.1 Å². The highest BCUT2D eigenvalue weighted by Gasteiger charge is 2.33. The van der Waals surface area contributed by atoms with E-state index in [-0.39, 0.29) is 24.8 Å². The second kappa shape index (κ2) is 9.04. The number of carbonyl (C=O) groups excluding carboxylic acids is 3. The molecule has 26 heavy (non-hydrogen) atoms. The van der Waals surface area contributed by atoms with E-state index in [4.69, 9.17) is 9.47 Å². The Morgan fingerprint density at radius 1 is 1.27 bits per heavy atom. The number of rotatable bonds is 7. The maximum absolute atomic E-state index is 12.5. The van der Waals surface area contributed by atoms with Gasteiger partial charge in [0.15, 0.2) is 0 Å². The van der Waals surface area contributed by atoms with E-state index in [1.807, 2.05) is 0 Å². The Bertz CT molecular complexity index is 678. The Balaban J connectivity index is 2.07. The van der Waals surface area contributed by atoms with Crippen LogP contribution >= 0.6 is 0 Å². The van der Waals surface area contributed by atoms with E-state index in [1.165, 1.54) is 21.3 Å². The van der Waals surface area contributed by atoms with Crippen molar-refractivity contribution in [2.24, 2.45) is 0 Å². The minimum Gasteiger partial charge on any atom is -0.497 e. The summed E-state index contributed by atoms with van der Waals surface area (Å²) in [6.45, 7) is 0.817. The van der Waals surface area contributed by atoms with Gasteiger partial charge in [-0.25, -0.2) is 0 Å². The molecule has 0 unspecified atom stereocenters. The zero-order valence-electron chi connectivity index (χ0n) is 15.0. The Hall–Kier alpha value is -2.81. The monoisotopic (exact) mass is 365 g/mol. The van der Waals surface area contributed by atoms with Crippen molar-refractivity contribution < 1.29 is 28.6 Å². The molecule has 0 aromatic heterocycles. The van der Waals surface area contributed by atoms with Crippen molar-refractivity contribution >= 4 is 23.5 Å². The van der Waals surface area contributed by atoms with Crippen LogP contribution in [0.2, 0.25) is 0 Å². The summed E-state index contributed by atoms with van der Waals surface area (Å²) in [5, 5.41) is 5.44. The van der Waals surface area contributed by atoms with Gasteiger partial charge in [-0.15, -0.1) is 0 Å². The SMILES string of the molecule is COC(=O)C[C@H]1C(=O)NCCN1CC(=O)Nc1cc(OC)ccc1OC. The molecule has 1 aromatic rings. The summed E-state index contributed by atoms with van der Waals surface area (Å²) in [6.07, 6.45) is -0.113. The summed E-state index contributed by atoms with van der Waals surface area (Å²) in [5.74, 6) is -0.0786. The number of anilines is 1. The molecule has 0 spiro atoms. The lowest BCUT2D eigenvalue weighted by molar-refractivity contribution is -0.146. The highest BCUT2D eigenvalue weighted by molar-refractivity contribution is 5.95. The highest BCUT2D eigenvalue weighted by Crippen LogP contribution is 2.28. The third-order valence-corrected chi connectivity index (χ3v) is 4.06. The number of ether oxygens (including phenoxy) is 3. The summed E-state index contributed by atoms with van der Waals surface area (Å²) in [6, 6.07) is 4.30. The average molecular weight is 365 g/mol. The predicted octanol–water partition coefficient (Wildman–Crippen LogP) is 0.00580. The lowest BCUT2D eigenvalue weighted by atomic mass is 10.1. The van der Waals surface area contributed by atoms with E-state index in [0.717, 1.165) is 0 Å². The number of benzene rings is 1. The van der Waals surface area contributed by atoms with Gasteiger partial charge in [-0.2, -0.15) is 0 Å². The fourth-order valence-corrected chi connectivity index (χ4v) is 2.70. The minimum absolute atomic E-state index is 0.0462. The van der Waals surface area contributed by atoms with Crippen molar-refractivity contribution in [2.75, 3.05) is 46.3 Å². The van der Waals surface area contributed by atoms with Gasteiger partial charge >= 0.3 is 5.97 Å². The number of carbonyl (C=O) groups is 3. The van der Waals surface area contributed by atoms with Crippen LogP contribution in [0.15, 0.2) is 18.2 Å². The molecule has 1 heterocycles. The highest BCUT2D eigenvalue weighted by atomic mass is 16.5. The summed E-state index contributed by atoms with van der Waals surface area (Å²) < 4.78 is 15.0. The number of esters is 1. The smallest absolute Gasteiger partial charge is 0.307 e. The van der Waals surface area contributed by atoms with Crippen molar-refractivity contribution in [2.45, 2.75) is 12.5 Å². The molecule has 1 aliphatic rings. The van der Waals surface area contributed by atoms with Crippen LogP contribution in [-0.4, -0.2) is 69.7 Å². The van der Waals surface area contributed by atoms with E-state index in [2.05, 4.69) is 15.4 Å². The standard InChI is InChI=1S/C17H23N3O6/c1-24-11-4-5-14(25-2)12(8-11)19-15(21)10-20-7-6-18-17(23)13(20)9-16(22)26-3/h4-5,8,13H,6-7,9-10H2,1-3H3,(H,18,23)(H,19,21)/t13-/m0/s1. The first kappa shape index (κ1) is 19.5. The molecule has 1 atom stereocenters. The van der Waals surface area contributed by atoms with Gasteiger partial charge in [0.1, 0.15) is 17.5 Å². The number of amides is 2. The van der Waals surface area contributed by atoms with Crippen LogP contribution in [-0.2, 0) is 19.1 Å². The Kier molecular flexibility index (Phi) is 6.79. The number of nitrogens with zero attached hydrogens (tertiary/aromatic N) is 1. The second-order valence-electron chi connectivity index (χ2n) is 5.67. The maximum atomic E-state index is 12.5. The molecule has 1 aromatic carbocycles. The van der Waals surface area contributed by atoms with Gasteiger partial charge in [0.05, 0.1) is 40.0 Å². The summed E-state index contributed by atoms with van der Waals surface area (Å²) in [5.41, 5.74) is 0.461. The molecule has 0 bridgehead atoms. The number of nitrogens with one attached hydrogen (secondary N) is 2. The summed E-state index contributed by atoms with van der Waals surface area (Å²) in [7, 11) is 4.28. The van der Waals surface area contributed by atoms with Crippen molar-refractivity contribution in [1.82, 2.24) is 10.2 Å². The molecular formula is C17H23N3O6. The lowest BCUT2D eigenvalue weighted by Gasteiger charge is -2.33. The van der Waals surface area contributed by atoms with Crippen LogP contribution in [0, 0.1) is 0 Å². The molecule has 1 fully saturated rings. The normalized spacial score (nSPS) is 17.2. The Morgan fingerprint density at radius 2 is 2.04 bits per heavy atom. The van der Waals surface area contributed by atoms with Crippen LogP contribution in [0.5, 0.6) is 11.5 Å². The predicted molar refractivity (Wildman–Crippen MR) is 93.2 cm³/mol. The molecule has 9 heteroatoms. The fourth-order valence-electron chi connectivity index (χ4n) is 2.70. The van der Waals surface area contributed by atoms with E-state index < -0.39 is 12.0 Å². The van der Waals surface area contributed by atoms with Crippen molar-refractivity contribution in [3.05, 3.63) is 18.2 Å². The molecule has 2 N–H and O–H groups in total. The number of piperazine rings is 1. The van der Waals surface area contributed by atoms with Gasteiger partial charge in [0.25, 0.3) is 0 Å². The van der Waals surface area contributed by atoms with Crippen LogP contribution in [0.4, 0.5) is 5.69 Å². The molecule has 0 aliphatic carbocycles. The largest absolute Gasteiger partial charge is 0.497 e. The minimum atomic E-state index is -0.742. The van der Waals surface area contributed by atoms with Gasteiger partial charge in [0, 0.05) is 19.2 Å². The van der Waals surface area contributed by atoms with Gasteiger partial charge in [0.2, 0.25) is 11.8 Å². The average Bonchev–Trinajstić information content (AvgIpc) is 2.64. The molecule has 1 aliphatic heterocycles. The number of methoxy groups -OCH3 is 3. The maximum Gasteiger partial charge on any atom is 0.307 e. The van der Waals surface area contributed by atoms with Crippen LogP contribution in [0.3, 0.4) is 0 Å². The van der Waals surface area contributed by atoms with Crippen LogP contribution in [0.1, 0.15) is 6.42 Å². The van der Waals surface area contributed by atoms with E-state index >= 15 is 0 Å². The second-order valence-corrected chi connectivity index (χ2v) is 5.67. The quantitative estimate of drug-likeness (QED) is 0.656. The van der Waals surface area contributed by atoms with Gasteiger partial charge in [-0.1, -0.05) is 0 Å². The van der Waals surface area contributed by atoms with E-state index in [9.17, 15) is 14.4 Å². The topological polar surface area (TPSA) is 106 Å². The molecular weight excluding hydrogens is 342 g/mol. The molecule has 2 amide bonds. The zero-order chi connectivity index (χ0) is 19.1. The first-order valence-electron chi connectivity index (χ1n) is 8.09. The van der Waals surface area contributed by atoms with Crippen molar-refractivity contribution in [1.29, 1.82) is 0 Å². The molecule has 0 radical (unpaired) electrons. The number of hydrogen-bond acceptors (Lipinski definition) is 7. The van der Waals surface area contributed by atoms with Gasteiger partial charge in [-0.3, -0.25) is 19.3 Å². The summed E-state index contributed by atoms with van der Waals surface area (Å²) in [4.78, 5) is 37.7. The molecule has 142 valence electrons. The Labute approximate surface area is 151 Å². The van der Waals surface area contributed by atoms with Crippen molar-refractivity contribution in [3.63, 3.8) is 0 Å². The first-order chi connectivity index (χ1) is 12.5. The van der Waals surface area contributed by atoms with Crippen molar-refractivity contribution in [3.8, 4) is 11.5 Å². The number of hydrogen-bond donors (Lipinski definition) is 2. The third-order valence-electron chi connectivity index (χ3n) is 4.06. The zero-order valence-corrected chi connectivity index (χ0v) is 15.0. The van der Waals surface area contributed by atoms with E-state index in [0.29, 0.717) is 30.3 Å². The van der Waals surface area contributed by atoms with E-state index in [1.54, 1.807) is 23.1 Å². The van der Waals surface area contributed by atoms with Gasteiger partial charge in [-0.05, 0) is 12.1 Å². The molecule has 0 saturated carbocycles. The third kappa shape index (κ3) is 4.85. The van der Waals surface area contributed by atoms with Crippen LogP contribution in [0.25, 0.3) is 0 Å². The fraction of sp³-hybridized carbons (Fsp3) is 0.471. The molecule has 9 nitrogen and oxygen atoms in total. The Morgan fingerprint density at radius 3 is 2.69 bits per heavy atom. The molecule has 2 rings (SSSR count). The summed E-state index contributed by atoms with van der Waals surface area (Å²) >= 11 is 0.